The van der Waals surface area contributed by atoms with Crippen LogP contribution in [0.2, 0.25) is 0 Å². The summed E-state index contributed by atoms with van der Waals surface area (Å²) < 4.78 is 22.3. The van der Waals surface area contributed by atoms with Crippen molar-refractivity contribution in [2.75, 3.05) is 0 Å². The Labute approximate surface area is 76.0 Å². The van der Waals surface area contributed by atoms with E-state index in [1.807, 2.05) is 6.92 Å². The molecule has 4 nitrogen and oxygen atoms in total. The van der Waals surface area contributed by atoms with Gasteiger partial charge in [-0.05, 0) is 6.42 Å². The third-order valence-corrected chi connectivity index (χ3v) is 3.26. The van der Waals surface area contributed by atoms with Crippen molar-refractivity contribution in [3.8, 4) is 0 Å². The Balaban J connectivity index is 2.69. The molecule has 0 bridgehead atoms. The third kappa shape index (κ3) is 1.72. The lowest BCUT2D eigenvalue weighted by Crippen LogP contribution is -2.53. The van der Waals surface area contributed by atoms with Gasteiger partial charge in [0, 0.05) is 17.1 Å². The Morgan fingerprint density at radius 3 is 2.58 bits per heavy atom. The molecule has 1 unspecified atom stereocenters. The fourth-order valence-electron chi connectivity index (χ4n) is 1.32. The van der Waals surface area contributed by atoms with Crippen LogP contribution in [0.15, 0.2) is 0 Å². The summed E-state index contributed by atoms with van der Waals surface area (Å²) in [5.74, 6) is -0.400. The van der Waals surface area contributed by atoms with Gasteiger partial charge in [-0.15, -0.1) is 0 Å². The molecule has 0 aromatic rings. The number of hydrogen-bond acceptors (Lipinski definition) is 3. The molecule has 70 valence electrons. The predicted octanol–water partition coefficient (Wildman–Crippen LogP) is 0.871. The number of hydrogen-bond donors (Lipinski definition) is 0. The summed E-state index contributed by atoms with van der Waals surface area (Å²) in [6.07, 6.45) is 1.85. The third-order valence-electron chi connectivity index (χ3n) is 1.84. The molecule has 0 aromatic carbocycles. The lowest BCUT2D eigenvalue weighted by molar-refractivity contribution is -0.137. The van der Waals surface area contributed by atoms with Gasteiger partial charge in [-0.3, -0.25) is 4.79 Å². The molecular formula is C6H10ClNO3S. The molecule has 0 spiro atoms. The fraction of sp³-hybridized carbons (Fsp3) is 0.833. The van der Waals surface area contributed by atoms with Gasteiger partial charge in [0.05, 0.1) is 6.04 Å². The zero-order valence-electron chi connectivity index (χ0n) is 6.66. The highest BCUT2D eigenvalue weighted by atomic mass is 35.7. The first kappa shape index (κ1) is 9.80. The molecule has 1 fully saturated rings. The van der Waals surface area contributed by atoms with E-state index in [9.17, 15) is 13.2 Å². The van der Waals surface area contributed by atoms with Gasteiger partial charge >= 0.3 is 9.24 Å². The standard InChI is InChI=1S/C6H10ClNO3S/c1-2-3-5-4-6(9)8(5)12(7,10)11/h5H,2-4H2,1H3. The monoisotopic (exact) mass is 211 g/mol. The van der Waals surface area contributed by atoms with Crippen molar-refractivity contribution in [3.05, 3.63) is 0 Å². The Morgan fingerprint density at radius 2 is 2.25 bits per heavy atom. The normalized spacial score (nSPS) is 24.0. The van der Waals surface area contributed by atoms with Gasteiger partial charge in [0.2, 0.25) is 5.91 Å². The van der Waals surface area contributed by atoms with E-state index in [2.05, 4.69) is 0 Å². The molecule has 0 radical (unpaired) electrons. The first-order valence-electron chi connectivity index (χ1n) is 3.73. The van der Waals surface area contributed by atoms with Crippen LogP contribution in [0, 0.1) is 0 Å². The highest BCUT2D eigenvalue weighted by Gasteiger charge is 2.42. The van der Waals surface area contributed by atoms with E-state index in [-0.39, 0.29) is 6.04 Å². The molecule has 1 saturated heterocycles. The summed E-state index contributed by atoms with van der Waals surface area (Å²) in [5.41, 5.74) is 0. The van der Waals surface area contributed by atoms with Crippen LogP contribution < -0.4 is 0 Å². The Hall–Kier alpha value is -0.290. The van der Waals surface area contributed by atoms with Crippen molar-refractivity contribution >= 4 is 25.8 Å². The molecule has 1 atom stereocenters. The SMILES string of the molecule is CCCC1CC(=O)N1S(=O)(=O)Cl. The quantitative estimate of drug-likeness (QED) is 0.514. The van der Waals surface area contributed by atoms with Crippen molar-refractivity contribution in [1.82, 2.24) is 4.31 Å². The molecule has 0 N–H and O–H groups in total. The van der Waals surface area contributed by atoms with Crippen molar-refractivity contribution in [2.24, 2.45) is 0 Å². The maximum Gasteiger partial charge on any atom is 0.324 e. The van der Waals surface area contributed by atoms with Crippen LogP contribution in [-0.4, -0.2) is 24.7 Å². The summed E-state index contributed by atoms with van der Waals surface area (Å²) in [6, 6.07) is -0.204. The maximum absolute atomic E-state index is 10.8. The van der Waals surface area contributed by atoms with Crippen LogP contribution in [0.25, 0.3) is 0 Å². The number of carbonyl (C=O) groups excluding carboxylic acids is 1. The molecule has 12 heavy (non-hydrogen) atoms. The predicted molar refractivity (Wildman–Crippen MR) is 44.9 cm³/mol. The number of carbonyl (C=O) groups is 1. The molecule has 1 aliphatic heterocycles. The summed E-state index contributed by atoms with van der Waals surface area (Å²) in [5, 5.41) is 0. The molecule has 1 amide bonds. The van der Waals surface area contributed by atoms with Crippen molar-refractivity contribution < 1.29 is 13.2 Å². The number of halogens is 1. The van der Waals surface area contributed by atoms with Gasteiger partial charge in [-0.2, -0.15) is 8.42 Å². The summed E-state index contributed by atoms with van der Waals surface area (Å²) in [6.45, 7) is 1.93. The first-order chi connectivity index (χ1) is 5.46. The zero-order chi connectivity index (χ0) is 9.35. The molecule has 1 aliphatic rings. The zero-order valence-corrected chi connectivity index (χ0v) is 8.23. The first-order valence-corrected chi connectivity index (χ1v) is 6.00. The van der Waals surface area contributed by atoms with E-state index in [4.69, 9.17) is 10.7 Å². The van der Waals surface area contributed by atoms with Gasteiger partial charge in [-0.1, -0.05) is 13.3 Å². The molecule has 1 rings (SSSR count). The topological polar surface area (TPSA) is 54.5 Å². The summed E-state index contributed by atoms with van der Waals surface area (Å²) in [7, 11) is 1.21. The lowest BCUT2D eigenvalue weighted by atomic mass is 10.0. The van der Waals surface area contributed by atoms with Crippen LogP contribution in [0.5, 0.6) is 0 Å². The van der Waals surface area contributed by atoms with Crippen LogP contribution >= 0.6 is 10.7 Å². The van der Waals surface area contributed by atoms with Crippen LogP contribution in [0.3, 0.4) is 0 Å². The van der Waals surface area contributed by atoms with E-state index in [0.29, 0.717) is 12.8 Å². The lowest BCUT2D eigenvalue weighted by Gasteiger charge is -2.36. The molecule has 0 aromatic heterocycles. The number of nitrogens with zero attached hydrogens (tertiary/aromatic N) is 1. The van der Waals surface area contributed by atoms with Gasteiger partial charge in [0.1, 0.15) is 0 Å². The second-order valence-electron chi connectivity index (χ2n) is 2.78. The molecule has 0 aliphatic carbocycles. The van der Waals surface area contributed by atoms with E-state index in [1.165, 1.54) is 0 Å². The average Bonchev–Trinajstić information content (AvgIpc) is 1.82. The number of amides is 1. The minimum absolute atomic E-state index is 0.204. The molecular weight excluding hydrogens is 202 g/mol. The van der Waals surface area contributed by atoms with Crippen LogP contribution in [-0.2, 0) is 14.0 Å². The Bertz CT molecular complexity index is 287. The minimum Gasteiger partial charge on any atom is -0.274 e. The van der Waals surface area contributed by atoms with E-state index < -0.39 is 15.1 Å². The van der Waals surface area contributed by atoms with E-state index >= 15 is 0 Å². The van der Waals surface area contributed by atoms with Gasteiger partial charge in [0.15, 0.2) is 0 Å². The van der Waals surface area contributed by atoms with Crippen molar-refractivity contribution in [3.63, 3.8) is 0 Å². The fourth-order valence-corrected chi connectivity index (χ4v) is 2.74. The average molecular weight is 212 g/mol. The van der Waals surface area contributed by atoms with Crippen LogP contribution in [0.1, 0.15) is 26.2 Å². The molecule has 1 heterocycles. The van der Waals surface area contributed by atoms with Crippen molar-refractivity contribution in [1.29, 1.82) is 0 Å². The second kappa shape index (κ2) is 3.22. The van der Waals surface area contributed by atoms with Gasteiger partial charge in [0.25, 0.3) is 0 Å². The number of rotatable bonds is 3. The van der Waals surface area contributed by atoms with Gasteiger partial charge < -0.3 is 0 Å². The minimum atomic E-state index is -3.83. The largest absolute Gasteiger partial charge is 0.324 e. The molecule has 0 saturated carbocycles. The van der Waals surface area contributed by atoms with Gasteiger partial charge in [-0.25, -0.2) is 4.31 Å². The Kier molecular flexibility index (Phi) is 2.63. The second-order valence-corrected chi connectivity index (χ2v) is 5.17. The van der Waals surface area contributed by atoms with E-state index in [1.54, 1.807) is 0 Å². The summed E-state index contributed by atoms with van der Waals surface area (Å²) in [4.78, 5) is 10.8. The van der Waals surface area contributed by atoms with E-state index in [0.717, 1.165) is 10.7 Å². The highest BCUT2D eigenvalue weighted by molar-refractivity contribution is 8.12. The summed E-state index contributed by atoms with van der Waals surface area (Å²) >= 11 is 0. The van der Waals surface area contributed by atoms with Crippen LogP contribution in [0.4, 0.5) is 0 Å². The van der Waals surface area contributed by atoms with Crippen molar-refractivity contribution in [2.45, 2.75) is 32.2 Å². The molecule has 6 heteroatoms. The number of β-lactam (4-membered cyclic amide) rings is 1. The maximum atomic E-state index is 10.8. The smallest absolute Gasteiger partial charge is 0.274 e. The highest BCUT2D eigenvalue weighted by Crippen LogP contribution is 2.28. The Morgan fingerprint density at radius 1 is 1.67 bits per heavy atom.